The van der Waals surface area contributed by atoms with Crippen LogP contribution in [0.25, 0.3) is 10.8 Å². The first-order valence-electron chi connectivity index (χ1n) is 9.23. The highest BCUT2D eigenvalue weighted by Crippen LogP contribution is 2.48. The van der Waals surface area contributed by atoms with Gasteiger partial charge >= 0.3 is 8.56 Å². The maximum atomic E-state index is 6.37. The van der Waals surface area contributed by atoms with E-state index in [4.69, 9.17) is 8.85 Å². The van der Waals surface area contributed by atoms with Gasteiger partial charge in [0.05, 0.1) is 0 Å². The topological polar surface area (TPSA) is 18.5 Å². The van der Waals surface area contributed by atoms with Gasteiger partial charge in [-0.15, -0.1) is 0 Å². The first-order chi connectivity index (χ1) is 11.6. The van der Waals surface area contributed by atoms with Gasteiger partial charge in [-0.2, -0.15) is 0 Å². The highest BCUT2D eigenvalue weighted by atomic mass is 28.4. The summed E-state index contributed by atoms with van der Waals surface area (Å²) >= 11 is 0. The standard InChI is InChI=1S/C22H34O2Si/c1-15(2)18(5)22(6,7)25(23-8,24-9)21-17(4)13-14-19-12-10-11-16(3)20(19)21/h10-15,18H,1-9H3. The maximum absolute atomic E-state index is 6.37. The Labute approximate surface area is 154 Å². The van der Waals surface area contributed by atoms with Crippen LogP contribution in [0.1, 0.15) is 45.7 Å². The van der Waals surface area contributed by atoms with E-state index >= 15 is 0 Å². The van der Waals surface area contributed by atoms with Crippen LogP contribution in [0.3, 0.4) is 0 Å². The molecule has 3 heteroatoms. The van der Waals surface area contributed by atoms with Gasteiger partial charge in [0.1, 0.15) is 0 Å². The third-order valence-corrected chi connectivity index (χ3v) is 11.0. The predicted octanol–water partition coefficient (Wildman–Crippen LogP) is 5.47. The molecule has 0 aliphatic heterocycles. The lowest BCUT2D eigenvalue weighted by molar-refractivity contribution is 0.186. The molecule has 0 heterocycles. The van der Waals surface area contributed by atoms with Gasteiger partial charge in [-0.1, -0.05) is 65.0 Å². The van der Waals surface area contributed by atoms with Gasteiger partial charge < -0.3 is 8.85 Å². The molecule has 0 saturated carbocycles. The summed E-state index contributed by atoms with van der Waals surface area (Å²) < 4.78 is 12.7. The van der Waals surface area contributed by atoms with Crippen LogP contribution >= 0.6 is 0 Å². The number of hydrogen-bond donors (Lipinski definition) is 0. The van der Waals surface area contributed by atoms with E-state index < -0.39 is 8.56 Å². The third kappa shape index (κ3) is 3.07. The number of aryl methyl sites for hydroxylation is 2. The molecule has 0 N–H and O–H groups in total. The van der Waals surface area contributed by atoms with Crippen LogP contribution in [-0.4, -0.2) is 22.8 Å². The molecular formula is C22H34O2Si. The summed E-state index contributed by atoms with van der Waals surface area (Å²) in [7, 11) is 0.955. The quantitative estimate of drug-likeness (QED) is 0.637. The molecule has 0 amide bonds. The van der Waals surface area contributed by atoms with E-state index in [9.17, 15) is 0 Å². The van der Waals surface area contributed by atoms with Crippen molar-refractivity contribution >= 4 is 24.5 Å². The van der Waals surface area contributed by atoms with Crippen LogP contribution < -0.4 is 5.19 Å². The zero-order valence-electron chi connectivity index (χ0n) is 17.4. The Balaban J connectivity index is 2.91. The van der Waals surface area contributed by atoms with Crippen LogP contribution in [0.5, 0.6) is 0 Å². The number of rotatable bonds is 6. The SMILES string of the molecule is CO[Si](OC)(c1c(C)ccc2cccc(C)c12)C(C)(C)C(C)C(C)C. The van der Waals surface area contributed by atoms with Crippen LogP contribution in [0.2, 0.25) is 5.04 Å². The highest BCUT2D eigenvalue weighted by Gasteiger charge is 2.57. The predicted molar refractivity (Wildman–Crippen MR) is 111 cm³/mol. The molecule has 0 fully saturated rings. The molecule has 2 nitrogen and oxygen atoms in total. The summed E-state index contributed by atoms with van der Waals surface area (Å²) in [6.45, 7) is 15.9. The summed E-state index contributed by atoms with van der Waals surface area (Å²) in [4.78, 5) is 0. The number of benzene rings is 2. The molecule has 1 unspecified atom stereocenters. The molecule has 0 bridgehead atoms. The van der Waals surface area contributed by atoms with Gasteiger partial charge in [-0.3, -0.25) is 0 Å². The largest absolute Gasteiger partial charge is 0.394 e. The molecule has 0 radical (unpaired) electrons. The van der Waals surface area contributed by atoms with E-state index in [1.165, 1.54) is 27.1 Å². The minimum Gasteiger partial charge on any atom is -0.394 e. The number of fused-ring (bicyclic) bond motifs is 1. The van der Waals surface area contributed by atoms with E-state index in [1.807, 2.05) is 14.2 Å². The Morgan fingerprint density at radius 1 is 0.880 bits per heavy atom. The van der Waals surface area contributed by atoms with Crippen molar-refractivity contribution in [2.75, 3.05) is 14.2 Å². The molecular weight excluding hydrogens is 324 g/mol. The zero-order chi connectivity index (χ0) is 19.0. The average molecular weight is 359 g/mol. The molecule has 0 saturated heterocycles. The molecule has 138 valence electrons. The Kier molecular flexibility index (Phi) is 5.82. The summed E-state index contributed by atoms with van der Waals surface area (Å²) in [5.41, 5.74) is 2.55. The molecule has 0 aromatic heterocycles. The summed E-state index contributed by atoms with van der Waals surface area (Å²) in [6.07, 6.45) is 0. The lowest BCUT2D eigenvalue weighted by Gasteiger charge is -2.47. The van der Waals surface area contributed by atoms with E-state index in [-0.39, 0.29) is 5.04 Å². The van der Waals surface area contributed by atoms with Crippen LogP contribution in [0, 0.1) is 25.7 Å². The first-order valence-corrected chi connectivity index (χ1v) is 11.1. The Morgan fingerprint density at radius 2 is 1.48 bits per heavy atom. The van der Waals surface area contributed by atoms with Crippen molar-refractivity contribution < 1.29 is 8.85 Å². The molecule has 2 aromatic carbocycles. The van der Waals surface area contributed by atoms with Crippen molar-refractivity contribution in [1.29, 1.82) is 0 Å². The normalized spacial score (nSPS) is 14.3. The minimum absolute atomic E-state index is 0.0774. The lowest BCUT2D eigenvalue weighted by Crippen LogP contribution is -2.63. The van der Waals surface area contributed by atoms with E-state index in [0.29, 0.717) is 11.8 Å². The Hall–Kier alpha value is -1.16. The van der Waals surface area contributed by atoms with Crippen molar-refractivity contribution in [3.8, 4) is 0 Å². The van der Waals surface area contributed by atoms with Gasteiger partial charge in [0.15, 0.2) is 0 Å². The van der Waals surface area contributed by atoms with E-state index in [0.717, 1.165) is 0 Å². The van der Waals surface area contributed by atoms with Crippen LogP contribution in [0.4, 0.5) is 0 Å². The second-order valence-corrected chi connectivity index (χ2v) is 12.0. The fourth-order valence-electron chi connectivity index (χ4n) is 4.36. The third-order valence-electron chi connectivity index (χ3n) is 6.35. The van der Waals surface area contributed by atoms with Crippen molar-refractivity contribution in [1.82, 2.24) is 0 Å². The highest BCUT2D eigenvalue weighted by molar-refractivity contribution is 6.86. The Morgan fingerprint density at radius 3 is 2.00 bits per heavy atom. The molecule has 0 aliphatic carbocycles. The van der Waals surface area contributed by atoms with Crippen molar-refractivity contribution in [3.05, 3.63) is 41.5 Å². The average Bonchev–Trinajstić information content (AvgIpc) is 2.57. The van der Waals surface area contributed by atoms with Gasteiger partial charge in [-0.05, 0) is 47.6 Å². The second kappa shape index (κ2) is 7.22. The van der Waals surface area contributed by atoms with E-state index in [2.05, 4.69) is 78.8 Å². The molecule has 2 rings (SSSR count). The fraction of sp³-hybridized carbons (Fsp3) is 0.545. The molecule has 2 aromatic rings. The smallest absolute Gasteiger partial charge is 0.379 e. The van der Waals surface area contributed by atoms with Crippen molar-refractivity contribution in [3.63, 3.8) is 0 Å². The lowest BCUT2D eigenvalue weighted by atomic mass is 9.86. The minimum atomic E-state index is -2.71. The van der Waals surface area contributed by atoms with Gasteiger partial charge in [0, 0.05) is 24.4 Å². The molecule has 25 heavy (non-hydrogen) atoms. The van der Waals surface area contributed by atoms with Crippen molar-refractivity contribution in [2.45, 2.75) is 53.5 Å². The zero-order valence-corrected chi connectivity index (χ0v) is 18.4. The first kappa shape index (κ1) is 20.2. The fourth-order valence-corrected chi connectivity index (χ4v) is 8.84. The van der Waals surface area contributed by atoms with Gasteiger partial charge in [0.25, 0.3) is 0 Å². The second-order valence-electron chi connectivity index (χ2n) is 8.21. The molecule has 0 spiro atoms. The number of hydrogen-bond acceptors (Lipinski definition) is 2. The summed E-state index contributed by atoms with van der Waals surface area (Å²) in [5.74, 6) is 1.03. The maximum Gasteiger partial charge on any atom is 0.379 e. The van der Waals surface area contributed by atoms with Gasteiger partial charge in [-0.25, -0.2) is 0 Å². The molecule has 0 aliphatic rings. The van der Waals surface area contributed by atoms with Gasteiger partial charge in [0.2, 0.25) is 0 Å². The summed E-state index contributed by atoms with van der Waals surface area (Å²) in [5, 5.41) is 3.79. The van der Waals surface area contributed by atoms with Crippen LogP contribution in [0.15, 0.2) is 30.3 Å². The van der Waals surface area contributed by atoms with Crippen LogP contribution in [-0.2, 0) is 8.85 Å². The molecule has 1 atom stereocenters. The summed E-state index contributed by atoms with van der Waals surface area (Å²) in [6, 6.07) is 10.9. The monoisotopic (exact) mass is 358 g/mol. The van der Waals surface area contributed by atoms with E-state index in [1.54, 1.807) is 0 Å². The van der Waals surface area contributed by atoms with Crippen molar-refractivity contribution in [2.24, 2.45) is 11.8 Å². The Bertz CT molecular complexity index is 745.